The summed E-state index contributed by atoms with van der Waals surface area (Å²) in [5, 5.41) is 5.03. The van der Waals surface area contributed by atoms with Crippen molar-refractivity contribution in [3.8, 4) is 22.4 Å². The second-order valence-corrected chi connectivity index (χ2v) is 6.48. The summed E-state index contributed by atoms with van der Waals surface area (Å²) in [6.07, 6.45) is 5.04. The second-order valence-electron chi connectivity index (χ2n) is 6.04. The van der Waals surface area contributed by atoms with Gasteiger partial charge in [-0.2, -0.15) is 5.10 Å². The topological polar surface area (TPSA) is 69.6 Å². The molecule has 27 heavy (non-hydrogen) atoms. The predicted octanol–water partition coefficient (Wildman–Crippen LogP) is 4.43. The van der Waals surface area contributed by atoms with Crippen molar-refractivity contribution in [3.63, 3.8) is 0 Å². The molecule has 0 amide bonds. The lowest BCUT2D eigenvalue weighted by molar-refractivity contribution is 0.624. The first-order chi connectivity index (χ1) is 13.1. The Bertz CT molecular complexity index is 1070. The lowest BCUT2D eigenvalue weighted by atomic mass is 10.0. The third-order valence-corrected chi connectivity index (χ3v) is 4.43. The van der Waals surface area contributed by atoms with Crippen molar-refractivity contribution in [2.75, 3.05) is 5.73 Å². The van der Waals surface area contributed by atoms with Crippen LogP contribution in [0.15, 0.2) is 67.3 Å². The average Bonchev–Trinajstić information content (AvgIpc) is 3.13. The van der Waals surface area contributed by atoms with Gasteiger partial charge in [-0.05, 0) is 35.4 Å². The maximum atomic E-state index is 13.1. The molecule has 0 saturated heterocycles. The molecule has 4 aromatic rings. The van der Waals surface area contributed by atoms with Crippen LogP contribution in [0.5, 0.6) is 0 Å². The highest BCUT2D eigenvalue weighted by molar-refractivity contribution is 6.30. The highest BCUT2D eigenvalue weighted by atomic mass is 35.5. The smallest absolute Gasteiger partial charge is 0.135 e. The molecule has 7 heteroatoms. The zero-order valence-electron chi connectivity index (χ0n) is 14.2. The van der Waals surface area contributed by atoms with Gasteiger partial charge in [0.2, 0.25) is 0 Å². The molecule has 2 heterocycles. The first kappa shape index (κ1) is 17.2. The zero-order chi connectivity index (χ0) is 18.8. The molecule has 0 aliphatic heterocycles. The molecule has 0 saturated carbocycles. The van der Waals surface area contributed by atoms with Crippen LogP contribution in [0.25, 0.3) is 22.4 Å². The number of nitrogens with two attached hydrogens (primary N) is 1. The van der Waals surface area contributed by atoms with E-state index in [4.69, 9.17) is 17.3 Å². The highest BCUT2D eigenvalue weighted by Gasteiger charge is 2.15. The summed E-state index contributed by atoms with van der Waals surface area (Å²) in [7, 11) is 0. The van der Waals surface area contributed by atoms with E-state index < -0.39 is 0 Å². The van der Waals surface area contributed by atoms with Crippen LogP contribution in [0, 0.1) is 5.82 Å². The Morgan fingerprint density at radius 2 is 1.70 bits per heavy atom. The summed E-state index contributed by atoms with van der Waals surface area (Å²) in [6, 6.07) is 13.7. The van der Waals surface area contributed by atoms with Crippen LogP contribution in [-0.2, 0) is 6.54 Å². The fourth-order valence-corrected chi connectivity index (χ4v) is 2.99. The van der Waals surface area contributed by atoms with Crippen molar-refractivity contribution in [2.45, 2.75) is 6.54 Å². The molecule has 5 nitrogen and oxygen atoms in total. The third-order valence-electron chi connectivity index (χ3n) is 4.17. The van der Waals surface area contributed by atoms with Crippen molar-refractivity contribution >= 4 is 17.4 Å². The highest BCUT2D eigenvalue weighted by Crippen LogP contribution is 2.34. The van der Waals surface area contributed by atoms with Gasteiger partial charge in [0, 0.05) is 16.8 Å². The Morgan fingerprint density at radius 1 is 0.963 bits per heavy atom. The van der Waals surface area contributed by atoms with Crippen molar-refractivity contribution in [1.29, 1.82) is 0 Å². The summed E-state index contributed by atoms with van der Waals surface area (Å²) < 4.78 is 14.8. The van der Waals surface area contributed by atoms with Crippen LogP contribution in [0.4, 0.5) is 10.2 Å². The van der Waals surface area contributed by atoms with Crippen LogP contribution < -0.4 is 5.73 Å². The fourth-order valence-electron chi connectivity index (χ4n) is 2.87. The van der Waals surface area contributed by atoms with Crippen LogP contribution in [0.2, 0.25) is 5.02 Å². The van der Waals surface area contributed by atoms with Gasteiger partial charge >= 0.3 is 0 Å². The van der Waals surface area contributed by atoms with E-state index in [0.717, 1.165) is 22.3 Å². The molecule has 0 radical (unpaired) electrons. The monoisotopic (exact) mass is 379 g/mol. The van der Waals surface area contributed by atoms with E-state index in [1.54, 1.807) is 35.1 Å². The molecule has 2 aromatic carbocycles. The molecule has 134 valence electrons. The largest absolute Gasteiger partial charge is 0.383 e. The van der Waals surface area contributed by atoms with E-state index in [1.165, 1.54) is 18.5 Å². The number of halogens is 2. The van der Waals surface area contributed by atoms with E-state index in [-0.39, 0.29) is 5.82 Å². The predicted molar refractivity (Wildman–Crippen MR) is 104 cm³/mol. The maximum absolute atomic E-state index is 13.1. The van der Waals surface area contributed by atoms with E-state index in [1.807, 2.05) is 18.3 Å². The summed E-state index contributed by atoms with van der Waals surface area (Å²) in [4.78, 5) is 8.53. The van der Waals surface area contributed by atoms with Gasteiger partial charge < -0.3 is 5.73 Å². The first-order valence-electron chi connectivity index (χ1n) is 8.24. The van der Waals surface area contributed by atoms with Gasteiger partial charge in [0.25, 0.3) is 0 Å². The number of nitrogen functional groups attached to an aromatic ring is 1. The van der Waals surface area contributed by atoms with Crippen LogP contribution >= 0.6 is 11.6 Å². The fraction of sp³-hybridized carbons (Fsp3) is 0.0500. The lowest BCUT2D eigenvalue weighted by Gasteiger charge is -2.09. The Kier molecular flexibility index (Phi) is 4.56. The maximum Gasteiger partial charge on any atom is 0.135 e. The molecule has 4 rings (SSSR count). The Balaban J connectivity index is 1.70. The van der Waals surface area contributed by atoms with Crippen molar-refractivity contribution in [2.24, 2.45) is 0 Å². The number of benzene rings is 2. The SMILES string of the molecule is Nc1ncnc(-c2cnn(Cc3ccc(F)cc3)c2)c1-c1ccc(Cl)cc1. The average molecular weight is 380 g/mol. The molecule has 0 fully saturated rings. The van der Waals surface area contributed by atoms with Gasteiger partial charge in [0.15, 0.2) is 0 Å². The molecule has 0 spiro atoms. The molecule has 0 bridgehead atoms. The van der Waals surface area contributed by atoms with Crippen LogP contribution in [0.1, 0.15) is 5.56 Å². The van der Waals surface area contributed by atoms with E-state index in [9.17, 15) is 4.39 Å². The van der Waals surface area contributed by atoms with Gasteiger partial charge in [0.1, 0.15) is 18.0 Å². The minimum atomic E-state index is -0.260. The van der Waals surface area contributed by atoms with Gasteiger partial charge in [-0.25, -0.2) is 14.4 Å². The summed E-state index contributed by atoms with van der Waals surface area (Å²) >= 11 is 5.99. The molecule has 0 atom stereocenters. The number of nitrogens with zero attached hydrogens (tertiary/aromatic N) is 4. The molecule has 0 aliphatic rings. The number of rotatable bonds is 4. The van der Waals surface area contributed by atoms with Gasteiger partial charge in [-0.3, -0.25) is 4.68 Å². The first-order valence-corrected chi connectivity index (χ1v) is 8.61. The summed E-state index contributed by atoms with van der Waals surface area (Å²) in [5.41, 5.74) is 10.2. The molecule has 0 unspecified atom stereocenters. The van der Waals surface area contributed by atoms with E-state index >= 15 is 0 Å². The molecular formula is C20H15ClFN5. The molecule has 2 aromatic heterocycles. The van der Waals surface area contributed by atoms with Crippen LogP contribution in [0.3, 0.4) is 0 Å². The van der Waals surface area contributed by atoms with Gasteiger partial charge in [-0.15, -0.1) is 0 Å². The van der Waals surface area contributed by atoms with E-state index in [2.05, 4.69) is 15.1 Å². The number of hydrogen-bond acceptors (Lipinski definition) is 4. The lowest BCUT2D eigenvalue weighted by Crippen LogP contribution is -2.00. The molecular weight excluding hydrogens is 365 g/mol. The zero-order valence-corrected chi connectivity index (χ0v) is 14.9. The third kappa shape index (κ3) is 3.66. The second kappa shape index (κ2) is 7.17. The van der Waals surface area contributed by atoms with Gasteiger partial charge in [0.05, 0.1) is 24.0 Å². The summed E-state index contributed by atoms with van der Waals surface area (Å²) in [6.45, 7) is 0.525. The Morgan fingerprint density at radius 3 is 2.44 bits per heavy atom. The van der Waals surface area contributed by atoms with Crippen molar-refractivity contribution < 1.29 is 4.39 Å². The molecule has 2 N–H and O–H groups in total. The quantitative estimate of drug-likeness (QED) is 0.569. The van der Waals surface area contributed by atoms with Crippen molar-refractivity contribution in [3.05, 3.63) is 83.7 Å². The van der Waals surface area contributed by atoms with Crippen molar-refractivity contribution in [1.82, 2.24) is 19.7 Å². The Hall–Kier alpha value is -3.25. The minimum Gasteiger partial charge on any atom is -0.383 e. The van der Waals surface area contributed by atoms with Crippen LogP contribution in [-0.4, -0.2) is 19.7 Å². The minimum absolute atomic E-state index is 0.260. The standard InChI is InChI=1S/C20H15ClFN5/c21-16-5-3-14(4-6-16)18-19(24-12-25-20(18)23)15-9-26-27(11-15)10-13-1-7-17(22)8-2-13/h1-9,11-12H,10H2,(H2,23,24,25). The summed E-state index contributed by atoms with van der Waals surface area (Å²) in [5.74, 6) is 0.123. The molecule has 0 aliphatic carbocycles. The number of anilines is 1. The normalized spacial score (nSPS) is 10.9. The number of hydrogen-bond donors (Lipinski definition) is 1. The number of aromatic nitrogens is 4. The Labute approximate surface area is 160 Å². The van der Waals surface area contributed by atoms with Gasteiger partial charge in [-0.1, -0.05) is 35.9 Å². The van der Waals surface area contributed by atoms with E-state index in [0.29, 0.717) is 23.1 Å².